The molecule has 0 aliphatic rings. The van der Waals surface area contributed by atoms with Crippen LogP contribution in [-0.2, 0) is 0 Å². The molecule has 3 N–H and O–H groups in total. The number of hydrogen-bond acceptors (Lipinski definition) is 2. The molecule has 0 aromatic heterocycles. The minimum Gasteiger partial charge on any atom is -0.412 e. The van der Waals surface area contributed by atoms with Gasteiger partial charge in [-0.1, -0.05) is 0 Å². The molecule has 0 aromatic rings. The van der Waals surface area contributed by atoms with E-state index < -0.39 is 5.09 Å². The molecule has 5 nitrogen and oxygen atoms in total. The van der Waals surface area contributed by atoms with Crippen LogP contribution in [0.15, 0.2) is 0 Å². The van der Waals surface area contributed by atoms with Gasteiger partial charge in [0, 0.05) is 40.4 Å². The van der Waals surface area contributed by atoms with Crippen LogP contribution in [0.1, 0.15) is 0 Å². The topological polar surface area (TPSA) is 94.9 Å². The first-order valence-electron chi connectivity index (χ1n) is 0.565. The Balaban J connectivity index is -0.0000000450. The van der Waals surface area contributed by atoms with Crippen LogP contribution in [0, 0.1) is 50.5 Å². The summed E-state index contributed by atoms with van der Waals surface area (Å²) in [4.78, 5) is 8.36. The summed E-state index contributed by atoms with van der Waals surface area (Å²) in [7, 11) is 0. The Morgan fingerprint density at radius 1 is 1.67 bits per heavy atom. The van der Waals surface area contributed by atoms with E-state index >= 15 is 0 Å². The third-order valence-corrected chi connectivity index (χ3v) is 0. The number of hydrogen-bond donors (Lipinski definition) is 1. The average molecular weight is 231 g/mol. The molecule has 0 heterocycles. The van der Waals surface area contributed by atoms with Gasteiger partial charge in [-0.05, 0) is 0 Å². The minimum atomic E-state index is -1.50. The van der Waals surface area contributed by atoms with Crippen molar-refractivity contribution in [1.82, 2.24) is 0 Å². The van der Waals surface area contributed by atoms with Gasteiger partial charge in [0.1, 0.15) is 0 Å². The van der Waals surface area contributed by atoms with Gasteiger partial charge in [-0.2, -0.15) is 0 Å². The van der Waals surface area contributed by atoms with Crippen LogP contribution in [0.5, 0.6) is 0 Å². The van der Waals surface area contributed by atoms with Crippen LogP contribution in [-0.4, -0.2) is 15.8 Å². The van der Waals surface area contributed by atoms with Crippen molar-refractivity contribution in [3.05, 3.63) is 10.1 Å². The predicted molar refractivity (Wildman–Crippen MR) is 12.4 cm³/mol. The van der Waals surface area contributed by atoms with E-state index in [1.165, 1.54) is 0 Å². The molecule has 6 heteroatoms. The molecule has 0 spiro atoms. The van der Waals surface area contributed by atoms with Gasteiger partial charge in [0.15, 0.2) is 0 Å². The zero-order valence-electron chi connectivity index (χ0n) is 2.62. The van der Waals surface area contributed by atoms with Gasteiger partial charge in [0.05, 0.1) is 0 Å². The maximum Gasteiger partial charge on any atom is 0.291 e. The van der Waals surface area contributed by atoms with Crippen LogP contribution in [0.2, 0.25) is 0 Å². The van der Waals surface area contributed by atoms with Crippen molar-refractivity contribution in [1.29, 1.82) is 0 Å². The van der Waals surface area contributed by atoms with E-state index in [0.717, 1.165) is 0 Å². The van der Waals surface area contributed by atoms with E-state index in [1.807, 2.05) is 0 Å². The molecule has 0 radical (unpaired) electrons. The van der Waals surface area contributed by atoms with E-state index in [4.69, 9.17) is 15.3 Å². The molecule has 0 atom stereocenters. The third kappa shape index (κ3) is 222. The van der Waals surface area contributed by atoms with Crippen molar-refractivity contribution < 1.29 is 56.2 Å². The maximum absolute atomic E-state index is 8.36. The Kier molecular flexibility index (Phi) is 24.3. The van der Waals surface area contributed by atoms with Gasteiger partial charge in [-0.3, -0.25) is 0 Å². The smallest absolute Gasteiger partial charge is 0.291 e. The molecule has 0 unspecified atom stereocenters. The zero-order valence-corrected chi connectivity index (χ0v) is 5.24. The Morgan fingerprint density at radius 3 is 1.67 bits per heavy atom. The van der Waals surface area contributed by atoms with Crippen LogP contribution < -0.4 is 0 Å². The second-order valence-electron chi connectivity index (χ2n) is 0.238. The third-order valence-electron chi connectivity index (χ3n) is 0. The normalized spacial score (nSPS) is 4.00. The summed E-state index contributed by atoms with van der Waals surface area (Å²) in [6.45, 7) is 0. The number of rotatable bonds is 0. The van der Waals surface area contributed by atoms with Crippen molar-refractivity contribution in [3.63, 3.8) is 0 Å². The molecular formula is H3NO4Sm. The fourth-order valence-corrected chi connectivity index (χ4v) is 0. The van der Waals surface area contributed by atoms with Crippen molar-refractivity contribution in [2.45, 2.75) is 0 Å². The SMILES string of the molecule is O.O=[N+]([O-])O.[Sm]. The monoisotopic (exact) mass is 233 g/mol. The average Bonchev–Trinajstić information content (AvgIpc) is 0.811. The Bertz CT molecular complexity index is 30.5. The summed E-state index contributed by atoms with van der Waals surface area (Å²) >= 11 is 0. The largest absolute Gasteiger partial charge is 0.412 e. The molecule has 0 saturated carbocycles. The van der Waals surface area contributed by atoms with Gasteiger partial charge >= 0.3 is 0 Å². The molecule has 0 aliphatic heterocycles. The second kappa shape index (κ2) is 9.09. The van der Waals surface area contributed by atoms with Crippen molar-refractivity contribution >= 4 is 0 Å². The molecule has 0 rings (SSSR count). The van der Waals surface area contributed by atoms with Crippen LogP contribution in [0.25, 0.3) is 0 Å². The van der Waals surface area contributed by atoms with E-state index in [-0.39, 0.29) is 45.9 Å². The van der Waals surface area contributed by atoms with Crippen LogP contribution in [0.4, 0.5) is 0 Å². The predicted octanol–water partition coefficient (Wildman–Crippen LogP) is -1.17. The Hall–Kier alpha value is 0.498. The van der Waals surface area contributed by atoms with Crippen molar-refractivity contribution in [3.8, 4) is 0 Å². The van der Waals surface area contributed by atoms with Gasteiger partial charge < -0.3 is 10.7 Å². The van der Waals surface area contributed by atoms with Gasteiger partial charge in [0.25, 0.3) is 5.09 Å². The van der Waals surface area contributed by atoms with Crippen molar-refractivity contribution in [2.24, 2.45) is 0 Å². The van der Waals surface area contributed by atoms with E-state index in [0.29, 0.717) is 0 Å². The Labute approximate surface area is 65.9 Å². The van der Waals surface area contributed by atoms with Gasteiger partial charge in [-0.15, -0.1) is 10.1 Å². The second-order valence-corrected chi connectivity index (χ2v) is 0.238. The molecule has 0 bridgehead atoms. The van der Waals surface area contributed by atoms with E-state index in [2.05, 4.69) is 0 Å². The molecule has 38 valence electrons. The summed E-state index contributed by atoms with van der Waals surface area (Å²) in [5.41, 5.74) is 0. The fourth-order valence-electron chi connectivity index (χ4n) is 0. The van der Waals surface area contributed by atoms with Crippen LogP contribution in [0.3, 0.4) is 0 Å². The summed E-state index contributed by atoms with van der Waals surface area (Å²) < 4.78 is 0. The molecule has 0 saturated heterocycles. The van der Waals surface area contributed by atoms with Crippen molar-refractivity contribution in [2.75, 3.05) is 0 Å². The summed E-state index contributed by atoms with van der Waals surface area (Å²) in [6, 6.07) is 0. The molecule has 0 aromatic carbocycles. The van der Waals surface area contributed by atoms with E-state index in [9.17, 15) is 0 Å². The molecular weight excluding hydrogens is 228 g/mol. The molecule has 0 aliphatic carbocycles. The first-order valence-corrected chi connectivity index (χ1v) is 0.565. The minimum absolute atomic E-state index is 0. The molecule has 0 amide bonds. The van der Waals surface area contributed by atoms with Crippen LogP contribution >= 0.6 is 0 Å². The van der Waals surface area contributed by atoms with Gasteiger partial charge in [0.2, 0.25) is 0 Å². The first-order chi connectivity index (χ1) is 1.73. The van der Waals surface area contributed by atoms with Gasteiger partial charge in [-0.25, -0.2) is 0 Å². The number of nitrogens with zero attached hydrogens (tertiary/aromatic N) is 1. The van der Waals surface area contributed by atoms with E-state index in [1.54, 1.807) is 0 Å². The summed E-state index contributed by atoms with van der Waals surface area (Å²) in [5.74, 6) is 0. The maximum atomic E-state index is 8.36. The fraction of sp³-hybridized carbons (Fsp3) is 0. The standard InChI is InChI=1S/HNO3.H2O.Sm/c2-1(3)4;;/h(H,2,3,4);1H2;. The quantitative estimate of drug-likeness (QED) is 0.420. The zero-order chi connectivity index (χ0) is 3.58. The molecule has 6 heavy (non-hydrogen) atoms. The first kappa shape index (κ1) is 16.1. The Morgan fingerprint density at radius 2 is 1.67 bits per heavy atom. The summed E-state index contributed by atoms with van der Waals surface area (Å²) in [5, 5.41) is 13.6. The molecule has 0 fully saturated rings. The summed E-state index contributed by atoms with van der Waals surface area (Å²) in [6.07, 6.45) is 0.